The van der Waals surface area contributed by atoms with Crippen LogP contribution in [0.2, 0.25) is 0 Å². The molecule has 2 aromatic rings. The Hall–Kier alpha value is -2.29. The number of esters is 1. The van der Waals surface area contributed by atoms with Gasteiger partial charge in [-0.3, -0.25) is 4.79 Å². The lowest BCUT2D eigenvalue weighted by Gasteiger charge is -2.17. The summed E-state index contributed by atoms with van der Waals surface area (Å²) in [6.45, 7) is 7.35. The number of carbonyl (C=O) groups is 1. The number of phenols is 1. The van der Waals surface area contributed by atoms with Crippen LogP contribution in [0.4, 0.5) is 0 Å². The van der Waals surface area contributed by atoms with Gasteiger partial charge in [0.25, 0.3) is 0 Å². The number of phenolic OH excluding ortho intramolecular Hbond substituents is 1. The molecule has 0 radical (unpaired) electrons. The zero-order valence-electron chi connectivity index (χ0n) is 12.8. The maximum atomic E-state index is 11.9. The molecule has 110 valence electrons. The van der Waals surface area contributed by atoms with Crippen LogP contribution in [0.3, 0.4) is 0 Å². The molecule has 0 atom stereocenters. The molecule has 0 spiro atoms. The summed E-state index contributed by atoms with van der Waals surface area (Å²) in [5, 5.41) is 10.2. The molecule has 3 nitrogen and oxygen atoms in total. The fourth-order valence-electron chi connectivity index (χ4n) is 1.94. The highest BCUT2D eigenvalue weighted by atomic mass is 16.5. The van der Waals surface area contributed by atoms with Crippen molar-refractivity contribution in [3.63, 3.8) is 0 Å². The standard InChI is InChI=1S/C18H20O3/c1-12-7-5-6-8-14(12)15-10-9-13(11-16(15)19)21-17(20)18(2,3)4/h5-11,19H,1-4H3. The molecule has 0 amide bonds. The molecule has 1 N–H and O–H groups in total. The Morgan fingerprint density at radius 1 is 1.05 bits per heavy atom. The molecular formula is C18H20O3. The first-order valence-electron chi connectivity index (χ1n) is 6.90. The van der Waals surface area contributed by atoms with Crippen LogP contribution >= 0.6 is 0 Å². The Kier molecular flexibility index (Phi) is 4.03. The predicted molar refractivity (Wildman–Crippen MR) is 83.4 cm³/mol. The van der Waals surface area contributed by atoms with Crippen molar-refractivity contribution in [1.29, 1.82) is 0 Å². The van der Waals surface area contributed by atoms with E-state index < -0.39 is 5.41 Å². The van der Waals surface area contributed by atoms with Crippen LogP contribution in [-0.2, 0) is 4.79 Å². The highest BCUT2D eigenvalue weighted by molar-refractivity contribution is 5.79. The Bertz CT molecular complexity index is 666. The summed E-state index contributed by atoms with van der Waals surface area (Å²) >= 11 is 0. The molecule has 0 aromatic heterocycles. The van der Waals surface area contributed by atoms with Gasteiger partial charge in [0.2, 0.25) is 0 Å². The number of rotatable bonds is 2. The summed E-state index contributed by atoms with van der Waals surface area (Å²) < 4.78 is 5.28. The number of aryl methyl sites for hydroxylation is 1. The second-order valence-corrected chi connectivity index (χ2v) is 6.13. The normalized spacial score (nSPS) is 11.2. The van der Waals surface area contributed by atoms with Crippen molar-refractivity contribution >= 4 is 5.97 Å². The van der Waals surface area contributed by atoms with Crippen molar-refractivity contribution < 1.29 is 14.6 Å². The van der Waals surface area contributed by atoms with Crippen molar-refractivity contribution in [2.45, 2.75) is 27.7 Å². The van der Waals surface area contributed by atoms with Gasteiger partial charge in [0.05, 0.1) is 5.41 Å². The SMILES string of the molecule is Cc1ccccc1-c1ccc(OC(=O)C(C)(C)C)cc1O. The summed E-state index contributed by atoms with van der Waals surface area (Å²) in [5.74, 6) is 0.124. The van der Waals surface area contributed by atoms with Gasteiger partial charge < -0.3 is 9.84 Å². The lowest BCUT2D eigenvalue weighted by Crippen LogP contribution is -2.25. The summed E-state index contributed by atoms with van der Waals surface area (Å²) in [6, 6.07) is 12.8. The Morgan fingerprint density at radius 3 is 2.29 bits per heavy atom. The van der Waals surface area contributed by atoms with E-state index in [4.69, 9.17) is 4.74 Å². The van der Waals surface area contributed by atoms with Gasteiger partial charge in [0.1, 0.15) is 11.5 Å². The van der Waals surface area contributed by atoms with E-state index in [-0.39, 0.29) is 11.7 Å². The van der Waals surface area contributed by atoms with E-state index in [1.807, 2.05) is 31.2 Å². The van der Waals surface area contributed by atoms with E-state index in [9.17, 15) is 9.90 Å². The molecule has 0 aliphatic carbocycles. The van der Waals surface area contributed by atoms with Gasteiger partial charge in [-0.05, 0) is 51.0 Å². The van der Waals surface area contributed by atoms with E-state index in [0.717, 1.165) is 16.7 Å². The van der Waals surface area contributed by atoms with Crippen molar-refractivity contribution in [3.05, 3.63) is 48.0 Å². The maximum Gasteiger partial charge on any atom is 0.316 e. The zero-order valence-corrected chi connectivity index (χ0v) is 12.8. The molecule has 3 heteroatoms. The molecule has 0 aliphatic rings. The van der Waals surface area contributed by atoms with Crippen LogP contribution in [-0.4, -0.2) is 11.1 Å². The van der Waals surface area contributed by atoms with Gasteiger partial charge in [-0.2, -0.15) is 0 Å². The summed E-state index contributed by atoms with van der Waals surface area (Å²) in [7, 11) is 0. The van der Waals surface area contributed by atoms with E-state index in [0.29, 0.717) is 5.75 Å². The van der Waals surface area contributed by atoms with E-state index in [1.165, 1.54) is 6.07 Å². The minimum absolute atomic E-state index is 0.100. The predicted octanol–water partition coefficient (Wildman–Crippen LogP) is 4.32. The average Bonchev–Trinajstić information content (AvgIpc) is 2.39. The third kappa shape index (κ3) is 3.43. The number of ether oxygens (including phenoxy) is 1. The van der Waals surface area contributed by atoms with Gasteiger partial charge in [-0.15, -0.1) is 0 Å². The maximum absolute atomic E-state index is 11.9. The van der Waals surface area contributed by atoms with E-state index >= 15 is 0 Å². The molecule has 2 aromatic carbocycles. The molecule has 0 saturated heterocycles. The van der Waals surface area contributed by atoms with E-state index in [2.05, 4.69) is 0 Å². The molecule has 0 bridgehead atoms. The lowest BCUT2D eigenvalue weighted by molar-refractivity contribution is -0.142. The summed E-state index contributed by atoms with van der Waals surface area (Å²) in [6.07, 6.45) is 0. The van der Waals surface area contributed by atoms with Crippen LogP contribution in [0.1, 0.15) is 26.3 Å². The molecule has 0 unspecified atom stereocenters. The van der Waals surface area contributed by atoms with Crippen LogP contribution in [0.25, 0.3) is 11.1 Å². The zero-order chi connectivity index (χ0) is 15.6. The van der Waals surface area contributed by atoms with Gasteiger partial charge in [0.15, 0.2) is 0 Å². The largest absolute Gasteiger partial charge is 0.507 e. The van der Waals surface area contributed by atoms with Crippen LogP contribution < -0.4 is 4.74 Å². The molecule has 0 saturated carbocycles. The average molecular weight is 284 g/mol. The summed E-state index contributed by atoms with van der Waals surface area (Å²) in [4.78, 5) is 11.9. The van der Waals surface area contributed by atoms with Crippen molar-refractivity contribution in [2.75, 3.05) is 0 Å². The third-order valence-corrected chi connectivity index (χ3v) is 3.23. The molecule has 0 fully saturated rings. The van der Waals surface area contributed by atoms with Gasteiger partial charge in [0, 0.05) is 11.6 Å². The van der Waals surface area contributed by atoms with Crippen LogP contribution in [0.15, 0.2) is 42.5 Å². The minimum atomic E-state index is -0.579. The molecule has 2 rings (SSSR count). The number of carbonyl (C=O) groups excluding carboxylic acids is 1. The van der Waals surface area contributed by atoms with Crippen molar-refractivity contribution in [1.82, 2.24) is 0 Å². The first kappa shape index (κ1) is 15.1. The Labute approximate surface area is 125 Å². The highest BCUT2D eigenvalue weighted by Crippen LogP contribution is 2.34. The number of aromatic hydroxyl groups is 1. The van der Waals surface area contributed by atoms with Crippen molar-refractivity contribution in [2.24, 2.45) is 5.41 Å². The first-order chi connectivity index (χ1) is 9.79. The van der Waals surface area contributed by atoms with Crippen LogP contribution in [0, 0.1) is 12.3 Å². The molecule has 0 aliphatic heterocycles. The third-order valence-electron chi connectivity index (χ3n) is 3.23. The lowest BCUT2D eigenvalue weighted by atomic mass is 9.97. The van der Waals surface area contributed by atoms with Crippen LogP contribution in [0.5, 0.6) is 11.5 Å². The topological polar surface area (TPSA) is 46.5 Å². The number of benzene rings is 2. The van der Waals surface area contributed by atoms with E-state index in [1.54, 1.807) is 32.9 Å². The highest BCUT2D eigenvalue weighted by Gasteiger charge is 2.24. The Balaban J connectivity index is 2.31. The fraction of sp³-hybridized carbons (Fsp3) is 0.278. The van der Waals surface area contributed by atoms with Gasteiger partial charge in [-0.25, -0.2) is 0 Å². The smallest absolute Gasteiger partial charge is 0.316 e. The molecule has 21 heavy (non-hydrogen) atoms. The second-order valence-electron chi connectivity index (χ2n) is 6.13. The van der Waals surface area contributed by atoms with Gasteiger partial charge >= 0.3 is 5.97 Å². The summed E-state index contributed by atoms with van der Waals surface area (Å²) in [5.41, 5.74) is 2.18. The fourth-order valence-corrected chi connectivity index (χ4v) is 1.94. The number of hydrogen-bond acceptors (Lipinski definition) is 3. The van der Waals surface area contributed by atoms with Gasteiger partial charge in [-0.1, -0.05) is 24.3 Å². The molecule has 0 heterocycles. The minimum Gasteiger partial charge on any atom is -0.507 e. The van der Waals surface area contributed by atoms with Crippen molar-refractivity contribution in [3.8, 4) is 22.6 Å². The second kappa shape index (κ2) is 5.60. The molecular weight excluding hydrogens is 264 g/mol. The number of hydrogen-bond donors (Lipinski definition) is 1. The first-order valence-corrected chi connectivity index (χ1v) is 6.90. The Morgan fingerprint density at radius 2 is 1.71 bits per heavy atom. The quantitative estimate of drug-likeness (QED) is 0.660. The monoisotopic (exact) mass is 284 g/mol.